The van der Waals surface area contributed by atoms with Crippen LogP contribution in [0.1, 0.15) is 48.9 Å². The average molecular weight is 379 g/mol. The van der Waals surface area contributed by atoms with E-state index >= 15 is 0 Å². The van der Waals surface area contributed by atoms with Crippen LogP contribution < -0.4 is 0 Å². The zero-order valence-electron chi connectivity index (χ0n) is 17.1. The summed E-state index contributed by atoms with van der Waals surface area (Å²) in [5, 5.41) is 0. The van der Waals surface area contributed by atoms with E-state index in [-0.39, 0.29) is 5.41 Å². The van der Waals surface area contributed by atoms with Crippen molar-refractivity contribution in [2.75, 3.05) is 0 Å². The molecule has 0 N–H and O–H groups in total. The Morgan fingerprint density at radius 1 is 0.724 bits per heavy atom. The van der Waals surface area contributed by atoms with Crippen LogP contribution in [0.4, 0.5) is 0 Å². The van der Waals surface area contributed by atoms with Crippen LogP contribution >= 0.6 is 0 Å². The van der Waals surface area contributed by atoms with Crippen molar-refractivity contribution in [3.63, 3.8) is 0 Å². The normalized spacial score (nSPS) is 31.1. The average Bonchev–Trinajstić information content (AvgIpc) is 3.38. The Morgan fingerprint density at radius 2 is 1.31 bits per heavy atom. The third-order valence-corrected chi connectivity index (χ3v) is 7.69. The fourth-order valence-electron chi connectivity index (χ4n) is 6.56. The van der Waals surface area contributed by atoms with Crippen LogP contribution in [0, 0.1) is 11.3 Å². The van der Waals surface area contributed by atoms with E-state index in [1.807, 2.05) is 0 Å². The van der Waals surface area contributed by atoms with Gasteiger partial charge in [0.25, 0.3) is 0 Å². The maximum Gasteiger partial charge on any atom is 0.129 e. The maximum atomic E-state index is 7.50. The zero-order chi connectivity index (χ0) is 19.7. The molecule has 3 atom stereocenters. The van der Waals surface area contributed by atoms with Crippen molar-refractivity contribution in [1.82, 2.24) is 0 Å². The first kappa shape index (κ1) is 17.2. The van der Waals surface area contributed by atoms with Crippen LogP contribution in [0.15, 0.2) is 96.6 Å². The van der Waals surface area contributed by atoms with E-state index in [1.54, 1.807) is 5.57 Å². The summed E-state index contributed by atoms with van der Waals surface area (Å²) >= 11 is 0. The highest BCUT2D eigenvalue weighted by atomic mass is 16.5. The molecule has 2 bridgehead atoms. The van der Waals surface area contributed by atoms with Gasteiger partial charge >= 0.3 is 0 Å². The molecule has 0 amide bonds. The number of hydrogen-bond acceptors (Lipinski definition) is 1. The lowest BCUT2D eigenvalue weighted by atomic mass is 9.60. The van der Waals surface area contributed by atoms with E-state index in [0.29, 0.717) is 5.92 Å². The highest BCUT2D eigenvalue weighted by Gasteiger charge is 2.70. The van der Waals surface area contributed by atoms with Gasteiger partial charge in [0.1, 0.15) is 11.2 Å². The van der Waals surface area contributed by atoms with Gasteiger partial charge in [0.15, 0.2) is 0 Å². The lowest BCUT2D eigenvalue weighted by Crippen LogP contribution is -2.54. The molecule has 6 rings (SSSR count). The number of hydrogen-bond donors (Lipinski definition) is 0. The molecule has 144 valence electrons. The highest BCUT2D eigenvalue weighted by molar-refractivity contribution is 5.60. The largest absolute Gasteiger partial charge is 0.348 e. The van der Waals surface area contributed by atoms with E-state index in [1.165, 1.54) is 22.3 Å². The van der Waals surface area contributed by atoms with Gasteiger partial charge in [0, 0.05) is 11.3 Å². The van der Waals surface area contributed by atoms with Gasteiger partial charge in [0.05, 0.1) is 0 Å². The molecule has 0 radical (unpaired) electrons. The second kappa shape index (κ2) is 5.70. The molecule has 0 spiro atoms. The smallest absolute Gasteiger partial charge is 0.129 e. The Bertz CT molecular complexity index is 1110. The Kier molecular flexibility index (Phi) is 3.39. The number of allylic oxidation sites excluding steroid dienone is 1. The fraction of sp³-hybridized carbons (Fsp3) is 0.286. The monoisotopic (exact) mass is 378 g/mol. The van der Waals surface area contributed by atoms with Crippen LogP contribution in [-0.2, 0) is 15.9 Å². The number of ether oxygens (including phenoxy) is 1. The summed E-state index contributed by atoms with van der Waals surface area (Å²) < 4.78 is 7.50. The summed E-state index contributed by atoms with van der Waals surface area (Å²) in [6.45, 7) is 4.78. The zero-order valence-corrected chi connectivity index (χ0v) is 17.1. The molecule has 29 heavy (non-hydrogen) atoms. The van der Waals surface area contributed by atoms with Gasteiger partial charge in [-0.15, -0.1) is 0 Å². The Morgan fingerprint density at radius 3 is 2.00 bits per heavy atom. The van der Waals surface area contributed by atoms with Crippen LogP contribution in [0.3, 0.4) is 0 Å². The molecule has 2 aliphatic heterocycles. The van der Waals surface area contributed by atoms with E-state index < -0.39 is 11.2 Å². The summed E-state index contributed by atoms with van der Waals surface area (Å²) in [5.74, 6) is 0.375. The Hall–Kier alpha value is -2.64. The van der Waals surface area contributed by atoms with Crippen molar-refractivity contribution in [2.24, 2.45) is 11.3 Å². The molecule has 2 heterocycles. The summed E-state index contributed by atoms with van der Waals surface area (Å²) in [4.78, 5) is 0. The maximum absolute atomic E-state index is 7.50. The Labute approximate surface area is 173 Å². The number of rotatable bonds is 2. The lowest BCUT2D eigenvalue weighted by Gasteiger charge is -2.55. The lowest BCUT2D eigenvalue weighted by molar-refractivity contribution is -0.194. The molecule has 3 aliphatic rings. The van der Waals surface area contributed by atoms with Gasteiger partial charge in [0.2, 0.25) is 0 Å². The molecule has 1 fully saturated rings. The van der Waals surface area contributed by atoms with E-state index in [0.717, 1.165) is 12.8 Å². The molecule has 0 saturated carbocycles. The topological polar surface area (TPSA) is 9.23 Å². The predicted octanol–water partition coefficient (Wildman–Crippen LogP) is 6.58. The molecular formula is C28H26O. The standard InChI is InChI=1S/C28H26O/c1-26(2)22-18-11-19-23(22)27(20-12-5-3-6-13-20)24-16-9-10-17-25(24)28(26,29-27)21-14-7-4-8-15-21/h3-10,12-18,23H,11,19H2,1-2H3/t23?,27-,28-/m1/s1. The minimum absolute atomic E-state index is 0.125. The minimum Gasteiger partial charge on any atom is -0.348 e. The van der Waals surface area contributed by atoms with Gasteiger partial charge in [-0.25, -0.2) is 0 Å². The molecular weight excluding hydrogens is 352 g/mol. The van der Waals surface area contributed by atoms with E-state index in [9.17, 15) is 0 Å². The van der Waals surface area contributed by atoms with Crippen molar-refractivity contribution in [3.05, 3.63) is 119 Å². The molecule has 3 aromatic rings. The minimum atomic E-state index is -0.493. The molecule has 1 saturated heterocycles. The molecule has 1 nitrogen and oxygen atoms in total. The van der Waals surface area contributed by atoms with Crippen LogP contribution in [0.5, 0.6) is 0 Å². The number of benzene rings is 3. The summed E-state index contributed by atoms with van der Waals surface area (Å²) in [6.07, 6.45) is 4.79. The SMILES string of the molecule is CC1(C)C2=CCCC2[C@@]2(c3ccccc3)O[C@]1(c1ccccc1)c1ccccc12. The highest BCUT2D eigenvalue weighted by Crippen LogP contribution is 2.72. The second-order valence-corrected chi connectivity index (χ2v) is 9.21. The first-order chi connectivity index (χ1) is 14.1. The van der Waals surface area contributed by atoms with Crippen molar-refractivity contribution in [2.45, 2.75) is 37.9 Å². The Balaban J connectivity index is 1.77. The fourth-order valence-corrected chi connectivity index (χ4v) is 6.56. The van der Waals surface area contributed by atoms with Crippen LogP contribution in [0.25, 0.3) is 0 Å². The summed E-state index contributed by atoms with van der Waals surface area (Å²) in [5.41, 5.74) is 5.72. The molecule has 1 heteroatoms. The molecule has 1 unspecified atom stereocenters. The summed E-state index contributed by atoms with van der Waals surface area (Å²) in [7, 11) is 0. The molecule has 3 aromatic carbocycles. The van der Waals surface area contributed by atoms with E-state index in [2.05, 4.69) is 105 Å². The quantitative estimate of drug-likeness (QED) is 0.458. The van der Waals surface area contributed by atoms with Crippen LogP contribution in [-0.4, -0.2) is 0 Å². The van der Waals surface area contributed by atoms with Crippen molar-refractivity contribution in [1.29, 1.82) is 0 Å². The first-order valence-electron chi connectivity index (χ1n) is 10.7. The predicted molar refractivity (Wildman–Crippen MR) is 117 cm³/mol. The van der Waals surface area contributed by atoms with Crippen molar-refractivity contribution < 1.29 is 4.74 Å². The van der Waals surface area contributed by atoms with E-state index in [4.69, 9.17) is 4.74 Å². The van der Waals surface area contributed by atoms with Gasteiger partial charge in [-0.3, -0.25) is 0 Å². The number of fused-ring (bicyclic) bond motifs is 7. The molecule has 1 aliphatic carbocycles. The van der Waals surface area contributed by atoms with Gasteiger partial charge in [-0.2, -0.15) is 0 Å². The third-order valence-electron chi connectivity index (χ3n) is 7.69. The first-order valence-corrected chi connectivity index (χ1v) is 10.7. The summed E-state index contributed by atoms with van der Waals surface area (Å²) in [6, 6.07) is 30.7. The van der Waals surface area contributed by atoms with Gasteiger partial charge in [-0.05, 0) is 35.1 Å². The third kappa shape index (κ3) is 1.90. The van der Waals surface area contributed by atoms with Crippen LogP contribution in [0.2, 0.25) is 0 Å². The van der Waals surface area contributed by atoms with Crippen molar-refractivity contribution in [3.8, 4) is 0 Å². The van der Waals surface area contributed by atoms with Gasteiger partial charge < -0.3 is 4.74 Å². The second-order valence-electron chi connectivity index (χ2n) is 9.21. The molecule has 0 aromatic heterocycles. The van der Waals surface area contributed by atoms with Crippen molar-refractivity contribution >= 4 is 0 Å². The van der Waals surface area contributed by atoms with Gasteiger partial charge in [-0.1, -0.05) is 110 Å².